The maximum absolute atomic E-state index is 13.6. The van der Waals surface area contributed by atoms with Gasteiger partial charge in [0.1, 0.15) is 34.8 Å². The number of amides is 1. The third-order valence-electron chi connectivity index (χ3n) is 6.61. The first-order valence-electron chi connectivity index (χ1n) is 12.8. The summed E-state index contributed by atoms with van der Waals surface area (Å²) in [6, 6.07) is 11.1. The number of anilines is 1. The van der Waals surface area contributed by atoms with Gasteiger partial charge in [0.05, 0.1) is 23.9 Å². The zero-order valence-corrected chi connectivity index (χ0v) is 23.1. The normalized spacial score (nSPS) is 19.3. The summed E-state index contributed by atoms with van der Waals surface area (Å²) in [6.45, 7) is 9.41. The summed E-state index contributed by atoms with van der Waals surface area (Å²) in [7, 11) is 0. The fourth-order valence-electron chi connectivity index (χ4n) is 4.89. The van der Waals surface area contributed by atoms with E-state index >= 15 is 0 Å². The number of Topliss-reactive ketones (excluding diaryl/α,β-unsaturated/α-hetero) is 1. The predicted molar refractivity (Wildman–Crippen MR) is 150 cm³/mol. The zero-order valence-electron chi connectivity index (χ0n) is 22.3. The Morgan fingerprint density at radius 2 is 2.08 bits per heavy atom. The highest BCUT2D eigenvalue weighted by Crippen LogP contribution is 2.45. The lowest BCUT2D eigenvalue weighted by Crippen LogP contribution is -2.29. The molecular weight excluding hydrogens is 532 g/mol. The van der Waals surface area contributed by atoms with Gasteiger partial charge >= 0.3 is 11.9 Å². The van der Waals surface area contributed by atoms with Gasteiger partial charge in [-0.1, -0.05) is 36.1 Å². The van der Waals surface area contributed by atoms with Crippen molar-refractivity contribution in [2.45, 2.75) is 39.3 Å². The van der Waals surface area contributed by atoms with Gasteiger partial charge in [0, 0.05) is 12.0 Å². The van der Waals surface area contributed by atoms with E-state index < -0.39 is 23.7 Å². The lowest BCUT2D eigenvalue weighted by Gasteiger charge is -2.23. The Morgan fingerprint density at radius 1 is 1.27 bits per heavy atom. The second-order valence-corrected chi connectivity index (χ2v) is 10.4. The van der Waals surface area contributed by atoms with Crippen molar-refractivity contribution in [3.8, 4) is 11.5 Å². The molecule has 1 aromatic heterocycles. The Balaban J connectivity index is 1.65. The van der Waals surface area contributed by atoms with Gasteiger partial charge < -0.3 is 19.3 Å². The van der Waals surface area contributed by atoms with Crippen molar-refractivity contribution < 1.29 is 33.7 Å². The molecule has 0 unspecified atom stereocenters. The van der Waals surface area contributed by atoms with Gasteiger partial charge in [-0.05, 0) is 62.2 Å². The Labute approximate surface area is 235 Å². The van der Waals surface area contributed by atoms with Crippen LogP contribution in [-0.4, -0.2) is 47.1 Å². The number of benzene rings is 2. The molecule has 0 saturated carbocycles. The molecule has 2 aliphatic rings. The molecule has 2 aromatic carbocycles. The molecular formula is C30H28N2O7S. The standard InChI is InChI=1S/C30H28N2O7S/c1-5-12-38-29(36)27-17(4)31-30(40-27)32-24(18-8-7-9-21(15-18)37-6-2)23(26(34)28(32)35)25(33)19-10-11-22-20(14-19)13-16(3)39-22/h5,7-11,14-16,24,33H,1,6,12-13H2,2-4H3/b25-23+/t16-,24-/m0/s1. The smallest absolute Gasteiger partial charge is 0.350 e. The molecule has 1 saturated heterocycles. The van der Waals surface area contributed by atoms with Crippen molar-refractivity contribution in [3.63, 3.8) is 0 Å². The van der Waals surface area contributed by atoms with Gasteiger partial charge in [-0.15, -0.1) is 0 Å². The number of hydrogen-bond acceptors (Lipinski definition) is 9. The zero-order chi connectivity index (χ0) is 28.6. The summed E-state index contributed by atoms with van der Waals surface area (Å²) in [4.78, 5) is 45.6. The van der Waals surface area contributed by atoms with Gasteiger partial charge in [0.15, 0.2) is 5.13 Å². The van der Waals surface area contributed by atoms with E-state index in [9.17, 15) is 19.5 Å². The third kappa shape index (κ3) is 4.86. The maximum Gasteiger partial charge on any atom is 0.350 e. The minimum Gasteiger partial charge on any atom is -0.507 e. The van der Waals surface area contributed by atoms with Gasteiger partial charge in [-0.3, -0.25) is 14.5 Å². The molecule has 2 aliphatic heterocycles. The summed E-state index contributed by atoms with van der Waals surface area (Å²) in [5.41, 5.74) is 2.09. The van der Waals surface area contributed by atoms with Crippen LogP contribution in [0.25, 0.3) is 5.76 Å². The third-order valence-corrected chi connectivity index (χ3v) is 7.74. The van der Waals surface area contributed by atoms with Crippen molar-refractivity contribution in [1.82, 2.24) is 4.98 Å². The molecule has 40 heavy (non-hydrogen) atoms. The quantitative estimate of drug-likeness (QED) is 0.132. The lowest BCUT2D eigenvalue weighted by molar-refractivity contribution is -0.132. The van der Waals surface area contributed by atoms with E-state index in [1.807, 2.05) is 13.8 Å². The van der Waals surface area contributed by atoms with Crippen molar-refractivity contribution >= 4 is 39.9 Å². The molecule has 3 heterocycles. The molecule has 0 spiro atoms. The van der Waals surface area contributed by atoms with Gasteiger partial charge in [0.2, 0.25) is 0 Å². The summed E-state index contributed by atoms with van der Waals surface area (Å²) < 4.78 is 16.6. The number of nitrogens with zero attached hydrogens (tertiary/aromatic N) is 2. The molecule has 206 valence electrons. The highest BCUT2D eigenvalue weighted by molar-refractivity contribution is 7.17. The van der Waals surface area contributed by atoms with Crippen molar-refractivity contribution in [3.05, 3.63) is 88.0 Å². The average molecular weight is 561 g/mol. The summed E-state index contributed by atoms with van der Waals surface area (Å²) >= 11 is 0.941. The molecule has 10 heteroatoms. The first-order chi connectivity index (χ1) is 19.2. The van der Waals surface area contributed by atoms with Crippen LogP contribution in [-0.2, 0) is 20.7 Å². The fourth-order valence-corrected chi connectivity index (χ4v) is 5.87. The van der Waals surface area contributed by atoms with E-state index in [4.69, 9.17) is 14.2 Å². The SMILES string of the molecule is C=CCOC(=O)c1sc(N2C(=O)C(=O)/C(=C(/O)c3ccc4c(c3)C[C@H](C)O4)[C@@H]2c2cccc(OCC)c2)nc1C. The maximum atomic E-state index is 13.6. The fraction of sp³-hybridized carbons (Fsp3) is 0.267. The van der Waals surface area contributed by atoms with Crippen LogP contribution in [0.3, 0.4) is 0 Å². The largest absolute Gasteiger partial charge is 0.507 e. The van der Waals surface area contributed by atoms with Crippen LogP contribution in [0.1, 0.15) is 51.9 Å². The Hall–Kier alpha value is -4.44. The molecule has 2 atom stereocenters. The number of carbonyl (C=O) groups excluding carboxylic acids is 3. The van der Waals surface area contributed by atoms with Crippen LogP contribution in [0.15, 0.2) is 60.7 Å². The van der Waals surface area contributed by atoms with E-state index in [-0.39, 0.29) is 34.1 Å². The number of fused-ring (bicyclic) bond motifs is 1. The number of thiazole rings is 1. The van der Waals surface area contributed by atoms with E-state index in [0.717, 1.165) is 22.6 Å². The van der Waals surface area contributed by atoms with Crippen LogP contribution in [0.4, 0.5) is 5.13 Å². The second kappa shape index (κ2) is 11.0. The number of esters is 1. The molecule has 1 N–H and O–H groups in total. The number of rotatable bonds is 8. The first kappa shape index (κ1) is 27.1. The highest BCUT2D eigenvalue weighted by Gasteiger charge is 2.48. The monoisotopic (exact) mass is 560 g/mol. The van der Waals surface area contributed by atoms with Crippen LogP contribution < -0.4 is 14.4 Å². The molecule has 1 fully saturated rings. The van der Waals surface area contributed by atoms with Crippen molar-refractivity contribution in [1.29, 1.82) is 0 Å². The average Bonchev–Trinajstić information content (AvgIpc) is 3.59. The molecule has 9 nitrogen and oxygen atoms in total. The number of ether oxygens (including phenoxy) is 3. The lowest BCUT2D eigenvalue weighted by atomic mass is 9.94. The minimum absolute atomic E-state index is 0.000195. The Morgan fingerprint density at radius 3 is 2.83 bits per heavy atom. The topological polar surface area (TPSA) is 115 Å². The van der Waals surface area contributed by atoms with Crippen LogP contribution in [0, 0.1) is 6.92 Å². The van der Waals surface area contributed by atoms with E-state index in [2.05, 4.69) is 11.6 Å². The summed E-state index contributed by atoms with van der Waals surface area (Å²) in [6.07, 6.45) is 2.11. The van der Waals surface area contributed by atoms with Gasteiger partial charge in [0.25, 0.3) is 5.78 Å². The molecule has 1 amide bonds. The van der Waals surface area contributed by atoms with Gasteiger partial charge in [-0.2, -0.15) is 0 Å². The summed E-state index contributed by atoms with van der Waals surface area (Å²) in [5, 5.41) is 11.7. The predicted octanol–water partition coefficient (Wildman–Crippen LogP) is 5.14. The number of ketones is 1. The number of aryl methyl sites for hydroxylation is 1. The number of aliphatic hydroxyl groups is 1. The highest BCUT2D eigenvalue weighted by atomic mass is 32.1. The number of hydrogen-bond donors (Lipinski definition) is 1. The van der Waals surface area contributed by atoms with Gasteiger partial charge in [-0.25, -0.2) is 9.78 Å². The van der Waals surface area contributed by atoms with E-state index in [1.54, 1.807) is 49.4 Å². The molecule has 0 aliphatic carbocycles. The Kier molecular flexibility index (Phi) is 7.44. The van der Waals surface area contributed by atoms with Crippen molar-refractivity contribution in [2.75, 3.05) is 18.1 Å². The molecule has 0 bridgehead atoms. The number of aromatic nitrogens is 1. The number of aliphatic hydroxyl groups excluding tert-OH is 1. The minimum atomic E-state index is -1.02. The second-order valence-electron chi connectivity index (χ2n) is 9.43. The number of carbonyl (C=O) groups is 3. The molecule has 5 rings (SSSR count). The van der Waals surface area contributed by atoms with Crippen LogP contribution in [0.2, 0.25) is 0 Å². The van der Waals surface area contributed by atoms with Crippen LogP contribution in [0.5, 0.6) is 11.5 Å². The summed E-state index contributed by atoms with van der Waals surface area (Å²) in [5.74, 6) is -1.39. The van der Waals surface area contributed by atoms with Crippen molar-refractivity contribution in [2.24, 2.45) is 0 Å². The van der Waals surface area contributed by atoms with E-state index in [0.29, 0.717) is 35.6 Å². The molecule has 3 aromatic rings. The Bertz CT molecular complexity index is 1560. The molecule has 0 radical (unpaired) electrons. The van der Waals surface area contributed by atoms with Crippen LogP contribution >= 0.6 is 11.3 Å². The first-order valence-corrected chi connectivity index (χ1v) is 13.6. The van der Waals surface area contributed by atoms with E-state index in [1.165, 1.54) is 11.0 Å².